The number of anilines is 1. The maximum Gasteiger partial charge on any atom is 0.296 e. The van der Waals surface area contributed by atoms with E-state index in [0.29, 0.717) is 43.4 Å². The number of rotatable bonds is 4. The van der Waals surface area contributed by atoms with Gasteiger partial charge < -0.3 is 4.42 Å². The largest absolute Gasteiger partial charge is 0.457 e. The zero-order chi connectivity index (χ0) is 24.9. The van der Waals surface area contributed by atoms with Crippen LogP contribution >= 0.6 is 47.2 Å². The van der Waals surface area contributed by atoms with E-state index >= 15 is 0 Å². The molecular weight excluding hydrogens is 525 g/mol. The molecule has 1 fully saturated rings. The molecule has 0 atom stereocenters. The Kier molecular flexibility index (Phi) is 6.23. The van der Waals surface area contributed by atoms with Gasteiger partial charge in [-0.2, -0.15) is 0 Å². The van der Waals surface area contributed by atoms with Crippen molar-refractivity contribution in [1.29, 1.82) is 0 Å². The first-order valence-corrected chi connectivity index (χ1v) is 12.4. The first kappa shape index (κ1) is 23.7. The lowest BCUT2D eigenvalue weighted by Gasteiger charge is -2.12. The molecule has 1 amide bonds. The predicted octanol–water partition coefficient (Wildman–Crippen LogP) is 6.46. The number of nitrogens with zero attached hydrogens (tertiary/aromatic N) is 3. The van der Waals surface area contributed by atoms with Crippen LogP contribution in [0.4, 0.5) is 5.69 Å². The van der Waals surface area contributed by atoms with E-state index < -0.39 is 0 Å². The summed E-state index contributed by atoms with van der Waals surface area (Å²) in [4.78, 5) is 28.4. The van der Waals surface area contributed by atoms with Crippen molar-refractivity contribution in [2.45, 2.75) is 6.92 Å². The minimum atomic E-state index is -0.384. The fourth-order valence-electron chi connectivity index (χ4n) is 3.86. The molecule has 0 N–H and O–H groups in total. The molecule has 2 aromatic heterocycles. The summed E-state index contributed by atoms with van der Waals surface area (Å²) in [6.07, 6.45) is 1.61. The van der Waals surface area contributed by atoms with Gasteiger partial charge in [-0.15, -0.1) is 0 Å². The minimum absolute atomic E-state index is 0.230. The summed E-state index contributed by atoms with van der Waals surface area (Å²) in [5, 5.41) is 1.03. The molecule has 6 nitrogen and oxygen atoms in total. The van der Waals surface area contributed by atoms with E-state index in [2.05, 4.69) is 0 Å². The topological polar surface area (TPSA) is 60.4 Å². The van der Waals surface area contributed by atoms with Gasteiger partial charge in [0.15, 0.2) is 4.32 Å². The van der Waals surface area contributed by atoms with Crippen molar-refractivity contribution < 1.29 is 9.21 Å². The molecular formula is C25H17Cl2N3O3S2. The van der Waals surface area contributed by atoms with E-state index in [-0.39, 0.29) is 21.5 Å². The van der Waals surface area contributed by atoms with Gasteiger partial charge in [0.25, 0.3) is 11.5 Å². The Morgan fingerprint density at radius 2 is 1.77 bits per heavy atom. The number of aromatic nitrogens is 2. The number of benzene rings is 2. The number of amides is 1. The van der Waals surface area contributed by atoms with Crippen LogP contribution in [0.5, 0.6) is 0 Å². The van der Waals surface area contributed by atoms with Crippen LogP contribution in [0.15, 0.2) is 74.8 Å². The number of thioether (sulfide) groups is 1. The standard InChI is InChI=1S/C25H17Cl2N3O3S2/c1-14-22(24(32)30(28(14)2)16-6-4-3-5-7-16)29-23(31)21(35-25(29)34)13-17-9-11-20(33-17)18-12-15(26)8-10-19(18)27/h3-13H,1-2H3/b21-13+. The molecule has 0 radical (unpaired) electrons. The maximum atomic E-state index is 13.4. The molecule has 0 aliphatic carbocycles. The van der Waals surface area contributed by atoms with Crippen molar-refractivity contribution in [3.05, 3.63) is 97.4 Å². The normalized spacial score (nSPS) is 15.0. The molecule has 0 saturated carbocycles. The zero-order valence-electron chi connectivity index (χ0n) is 18.5. The van der Waals surface area contributed by atoms with Crippen LogP contribution < -0.4 is 10.5 Å². The highest BCUT2D eigenvalue weighted by atomic mass is 35.5. The molecule has 4 aromatic rings. The van der Waals surface area contributed by atoms with Crippen molar-refractivity contribution in [3.63, 3.8) is 0 Å². The number of para-hydroxylation sites is 1. The molecule has 3 heterocycles. The first-order valence-electron chi connectivity index (χ1n) is 10.4. The van der Waals surface area contributed by atoms with Crippen LogP contribution in [-0.4, -0.2) is 19.6 Å². The third kappa shape index (κ3) is 4.16. The van der Waals surface area contributed by atoms with E-state index in [1.54, 1.807) is 55.1 Å². The number of carbonyl (C=O) groups is 1. The second kappa shape index (κ2) is 9.20. The molecule has 1 aliphatic rings. The Balaban J connectivity index is 1.50. The second-order valence-electron chi connectivity index (χ2n) is 7.75. The number of carbonyl (C=O) groups excluding carboxylic acids is 1. The lowest BCUT2D eigenvalue weighted by molar-refractivity contribution is -0.113. The molecule has 1 aliphatic heterocycles. The molecule has 2 aromatic carbocycles. The molecule has 1 saturated heterocycles. The van der Waals surface area contributed by atoms with Crippen LogP contribution in [0.1, 0.15) is 11.5 Å². The van der Waals surface area contributed by atoms with Crippen molar-refractivity contribution in [2.24, 2.45) is 7.05 Å². The minimum Gasteiger partial charge on any atom is -0.457 e. The highest BCUT2D eigenvalue weighted by molar-refractivity contribution is 8.27. The van der Waals surface area contributed by atoms with Crippen LogP contribution in [0, 0.1) is 6.92 Å². The van der Waals surface area contributed by atoms with E-state index in [1.807, 2.05) is 30.3 Å². The third-order valence-electron chi connectivity index (χ3n) is 5.64. The predicted molar refractivity (Wildman–Crippen MR) is 146 cm³/mol. The van der Waals surface area contributed by atoms with Gasteiger partial charge in [0.1, 0.15) is 17.2 Å². The Labute approximate surface area is 220 Å². The second-order valence-corrected chi connectivity index (χ2v) is 10.3. The van der Waals surface area contributed by atoms with Gasteiger partial charge in [-0.25, -0.2) is 4.68 Å². The smallest absolute Gasteiger partial charge is 0.296 e. The van der Waals surface area contributed by atoms with Crippen molar-refractivity contribution in [1.82, 2.24) is 9.36 Å². The number of hydrogen-bond donors (Lipinski definition) is 0. The summed E-state index contributed by atoms with van der Waals surface area (Å²) < 4.78 is 9.40. The summed E-state index contributed by atoms with van der Waals surface area (Å²) in [5.41, 5.74) is 1.86. The van der Waals surface area contributed by atoms with Crippen molar-refractivity contribution in [3.8, 4) is 17.0 Å². The maximum absolute atomic E-state index is 13.4. The van der Waals surface area contributed by atoms with E-state index in [9.17, 15) is 9.59 Å². The van der Waals surface area contributed by atoms with E-state index in [0.717, 1.165) is 11.8 Å². The highest BCUT2D eigenvalue weighted by Gasteiger charge is 2.38. The van der Waals surface area contributed by atoms with Crippen LogP contribution in [0.2, 0.25) is 10.0 Å². The number of furan rings is 1. The van der Waals surface area contributed by atoms with E-state index in [1.165, 1.54) is 9.58 Å². The molecule has 0 unspecified atom stereocenters. The van der Waals surface area contributed by atoms with Crippen LogP contribution in [-0.2, 0) is 11.8 Å². The number of halogens is 2. The fourth-order valence-corrected chi connectivity index (χ4v) is 5.50. The quantitative estimate of drug-likeness (QED) is 0.219. The molecule has 0 spiro atoms. The van der Waals surface area contributed by atoms with Gasteiger partial charge in [0.05, 0.1) is 21.3 Å². The number of hydrogen-bond acceptors (Lipinski definition) is 5. The molecule has 10 heteroatoms. The molecule has 5 rings (SSSR count). The lowest BCUT2D eigenvalue weighted by Crippen LogP contribution is -2.33. The van der Waals surface area contributed by atoms with Gasteiger partial charge >= 0.3 is 0 Å². The monoisotopic (exact) mass is 541 g/mol. The fraction of sp³-hybridized carbons (Fsp3) is 0.0800. The van der Waals surface area contributed by atoms with E-state index in [4.69, 9.17) is 39.8 Å². The molecule has 176 valence electrons. The van der Waals surface area contributed by atoms with Crippen molar-refractivity contribution in [2.75, 3.05) is 4.90 Å². The van der Waals surface area contributed by atoms with Gasteiger partial charge in [-0.3, -0.25) is 19.2 Å². The average molecular weight is 542 g/mol. The average Bonchev–Trinajstić information content (AvgIpc) is 3.47. The Morgan fingerprint density at radius 3 is 2.51 bits per heavy atom. The van der Waals surface area contributed by atoms with Gasteiger partial charge in [0.2, 0.25) is 0 Å². The summed E-state index contributed by atoms with van der Waals surface area (Å²) in [7, 11) is 1.77. The molecule has 35 heavy (non-hydrogen) atoms. The van der Waals surface area contributed by atoms with Crippen LogP contribution in [0.3, 0.4) is 0 Å². The SMILES string of the molecule is Cc1c(N2C(=O)/C(=C\c3ccc(-c4cc(Cl)ccc4Cl)o3)SC2=S)c(=O)n(-c2ccccc2)n1C. The highest BCUT2D eigenvalue weighted by Crippen LogP contribution is 2.38. The first-order chi connectivity index (χ1) is 16.8. The summed E-state index contributed by atoms with van der Waals surface area (Å²) >= 11 is 19.0. The van der Waals surface area contributed by atoms with Gasteiger partial charge in [0, 0.05) is 23.7 Å². The summed E-state index contributed by atoms with van der Waals surface area (Å²) in [6, 6.07) is 17.8. The lowest BCUT2D eigenvalue weighted by atomic mass is 10.2. The Morgan fingerprint density at radius 1 is 1.03 bits per heavy atom. The third-order valence-corrected chi connectivity index (χ3v) is 7.50. The summed E-state index contributed by atoms with van der Waals surface area (Å²) in [6.45, 7) is 1.78. The van der Waals surface area contributed by atoms with Gasteiger partial charge in [-0.05, 0) is 49.4 Å². The summed E-state index contributed by atoms with van der Waals surface area (Å²) in [5.74, 6) is 0.580. The van der Waals surface area contributed by atoms with Gasteiger partial charge in [-0.1, -0.05) is 65.4 Å². The Bertz CT molecular complexity index is 1590. The van der Waals surface area contributed by atoms with Crippen molar-refractivity contribution >= 4 is 69.2 Å². The zero-order valence-corrected chi connectivity index (χ0v) is 21.6. The number of thiocarbonyl (C=S) groups is 1. The molecule has 0 bridgehead atoms. The Hall–Kier alpha value is -3.04. The van der Waals surface area contributed by atoms with Crippen LogP contribution in [0.25, 0.3) is 23.1 Å².